The highest BCUT2D eigenvalue weighted by Gasteiger charge is 2.51. The van der Waals surface area contributed by atoms with Crippen molar-refractivity contribution in [2.75, 3.05) is 5.32 Å². The molecule has 0 bridgehead atoms. The summed E-state index contributed by atoms with van der Waals surface area (Å²) in [6.45, 7) is 3.85. The van der Waals surface area contributed by atoms with E-state index in [1.165, 1.54) is 66.8 Å². The zero-order valence-corrected chi connectivity index (χ0v) is 25.4. The molecular formula is C45H31N. The Morgan fingerprint density at radius 3 is 1.26 bits per heavy atom. The summed E-state index contributed by atoms with van der Waals surface area (Å²) >= 11 is 0. The Kier molecular flexibility index (Phi) is 5.94. The smallest absolute Gasteiger partial charge is 0.0725 e. The SMILES string of the molecule is C=Cc1ccc(-c2ccc(Nc3ccc(-c4ccc5c(c4)C4(c6ccccc6-c6ccccc64)c4ccccc4-5)cc3)cc2)cc1. The van der Waals surface area contributed by atoms with Crippen molar-refractivity contribution in [1.82, 2.24) is 0 Å². The van der Waals surface area contributed by atoms with Crippen molar-refractivity contribution in [1.29, 1.82) is 0 Å². The molecule has 46 heavy (non-hydrogen) atoms. The second-order valence-electron chi connectivity index (χ2n) is 12.3. The monoisotopic (exact) mass is 585 g/mol. The molecule has 2 aliphatic carbocycles. The van der Waals surface area contributed by atoms with Crippen LogP contribution in [-0.4, -0.2) is 0 Å². The third-order valence-electron chi connectivity index (χ3n) is 9.87. The van der Waals surface area contributed by atoms with Gasteiger partial charge in [0.25, 0.3) is 0 Å². The van der Waals surface area contributed by atoms with E-state index in [0.717, 1.165) is 16.9 Å². The molecule has 0 saturated carbocycles. The molecule has 0 fully saturated rings. The highest BCUT2D eigenvalue weighted by atomic mass is 14.9. The van der Waals surface area contributed by atoms with Gasteiger partial charge in [-0.15, -0.1) is 0 Å². The fourth-order valence-corrected chi connectivity index (χ4v) is 7.74. The summed E-state index contributed by atoms with van der Waals surface area (Å²) in [5, 5.41) is 3.58. The Balaban J connectivity index is 1.06. The largest absolute Gasteiger partial charge is 0.356 e. The molecule has 2 aliphatic rings. The van der Waals surface area contributed by atoms with Gasteiger partial charge in [0.15, 0.2) is 0 Å². The zero-order valence-electron chi connectivity index (χ0n) is 25.4. The number of anilines is 2. The molecule has 1 heteroatoms. The average molecular weight is 586 g/mol. The Hall–Kier alpha value is -5.92. The quantitative estimate of drug-likeness (QED) is 0.212. The second kappa shape index (κ2) is 10.3. The van der Waals surface area contributed by atoms with E-state index in [1.807, 2.05) is 6.08 Å². The molecule has 0 amide bonds. The topological polar surface area (TPSA) is 12.0 Å². The van der Waals surface area contributed by atoms with Gasteiger partial charge in [0.2, 0.25) is 0 Å². The predicted octanol–water partition coefficient (Wildman–Crippen LogP) is 11.8. The molecule has 9 rings (SSSR count). The number of hydrogen-bond donors (Lipinski definition) is 1. The van der Waals surface area contributed by atoms with Gasteiger partial charge in [-0.1, -0.05) is 146 Å². The standard InChI is InChI=1S/C45H31N/c1-2-30-15-17-31(18-16-30)32-19-24-35(25-20-32)46-36-26-21-33(22-27-36)34-23-28-40-39-11-5-8-14-43(39)45(44(40)29-34)41-12-6-3-9-37(41)38-10-4-7-13-42(38)45/h2-29,46H,1H2. The van der Waals surface area contributed by atoms with Crippen LogP contribution in [0.3, 0.4) is 0 Å². The highest BCUT2D eigenvalue weighted by molar-refractivity contribution is 5.95. The van der Waals surface area contributed by atoms with E-state index < -0.39 is 0 Å². The number of benzene rings is 7. The second-order valence-corrected chi connectivity index (χ2v) is 12.3. The first-order chi connectivity index (χ1) is 22.7. The van der Waals surface area contributed by atoms with E-state index in [9.17, 15) is 0 Å². The van der Waals surface area contributed by atoms with Crippen molar-refractivity contribution in [3.05, 3.63) is 198 Å². The Morgan fingerprint density at radius 2 is 0.783 bits per heavy atom. The van der Waals surface area contributed by atoms with Crippen molar-refractivity contribution in [3.63, 3.8) is 0 Å². The van der Waals surface area contributed by atoms with Gasteiger partial charge in [-0.2, -0.15) is 0 Å². The molecule has 0 heterocycles. The van der Waals surface area contributed by atoms with Gasteiger partial charge in [-0.3, -0.25) is 0 Å². The van der Waals surface area contributed by atoms with E-state index >= 15 is 0 Å². The third-order valence-corrected chi connectivity index (χ3v) is 9.87. The summed E-state index contributed by atoms with van der Waals surface area (Å²) in [6.07, 6.45) is 1.87. The minimum Gasteiger partial charge on any atom is -0.356 e. The molecule has 7 aromatic carbocycles. The van der Waals surface area contributed by atoms with Crippen LogP contribution in [0.5, 0.6) is 0 Å². The molecule has 7 aromatic rings. The maximum atomic E-state index is 3.85. The van der Waals surface area contributed by atoms with Crippen molar-refractivity contribution < 1.29 is 0 Å². The number of hydrogen-bond acceptors (Lipinski definition) is 1. The minimum atomic E-state index is -0.323. The lowest BCUT2D eigenvalue weighted by Crippen LogP contribution is -2.25. The Morgan fingerprint density at radius 1 is 0.391 bits per heavy atom. The van der Waals surface area contributed by atoms with Gasteiger partial charge in [0.05, 0.1) is 5.41 Å². The van der Waals surface area contributed by atoms with Gasteiger partial charge < -0.3 is 5.32 Å². The first-order valence-electron chi connectivity index (χ1n) is 15.9. The summed E-state index contributed by atoms with van der Waals surface area (Å²) in [7, 11) is 0. The Labute approximate surface area is 270 Å². The molecular weight excluding hydrogens is 555 g/mol. The van der Waals surface area contributed by atoms with Crippen LogP contribution in [0.4, 0.5) is 11.4 Å². The zero-order chi connectivity index (χ0) is 30.7. The Bertz CT molecular complexity index is 2210. The van der Waals surface area contributed by atoms with Gasteiger partial charge in [0, 0.05) is 11.4 Å². The van der Waals surface area contributed by atoms with Crippen LogP contribution in [0.2, 0.25) is 0 Å². The maximum Gasteiger partial charge on any atom is 0.0725 e. The van der Waals surface area contributed by atoms with Crippen LogP contribution in [0.15, 0.2) is 170 Å². The first kappa shape index (κ1) is 26.5. The molecule has 0 saturated heterocycles. The lowest BCUT2D eigenvalue weighted by Gasteiger charge is -2.30. The molecule has 0 unspecified atom stereocenters. The molecule has 1 spiro atoms. The molecule has 216 valence electrons. The van der Waals surface area contributed by atoms with Crippen molar-refractivity contribution >= 4 is 17.5 Å². The maximum absolute atomic E-state index is 3.85. The average Bonchev–Trinajstić information content (AvgIpc) is 3.59. The van der Waals surface area contributed by atoms with Crippen LogP contribution in [0.25, 0.3) is 50.6 Å². The first-order valence-corrected chi connectivity index (χ1v) is 15.9. The van der Waals surface area contributed by atoms with Gasteiger partial charge in [-0.25, -0.2) is 0 Å². The number of nitrogens with one attached hydrogen (secondary N) is 1. The van der Waals surface area contributed by atoms with Gasteiger partial charge in [0.1, 0.15) is 0 Å². The summed E-state index contributed by atoms with van der Waals surface area (Å²) in [5.74, 6) is 0. The van der Waals surface area contributed by atoms with Crippen molar-refractivity contribution in [2.45, 2.75) is 5.41 Å². The lowest BCUT2D eigenvalue weighted by molar-refractivity contribution is 0.794. The summed E-state index contributed by atoms with van der Waals surface area (Å²) < 4.78 is 0. The molecule has 0 aromatic heterocycles. The van der Waals surface area contributed by atoms with E-state index in [0.29, 0.717) is 0 Å². The van der Waals surface area contributed by atoms with Gasteiger partial charge >= 0.3 is 0 Å². The van der Waals surface area contributed by atoms with E-state index in [2.05, 4.69) is 176 Å². The van der Waals surface area contributed by atoms with Crippen molar-refractivity contribution in [2.24, 2.45) is 0 Å². The van der Waals surface area contributed by atoms with Crippen LogP contribution >= 0.6 is 0 Å². The molecule has 0 radical (unpaired) electrons. The number of fused-ring (bicyclic) bond motifs is 10. The highest BCUT2D eigenvalue weighted by Crippen LogP contribution is 2.62. The lowest BCUT2D eigenvalue weighted by atomic mass is 9.70. The van der Waals surface area contributed by atoms with E-state index in [1.54, 1.807) is 0 Å². The van der Waals surface area contributed by atoms with Crippen LogP contribution in [0, 0.1) is 0 Å². The normalized spacial score (nSPS) is 13.0. The van der Waals surface area contributed by atoms with Crippen LogP contribution < -0.4 is 5.32 Å². The fourth-order valence-electron chi connectivity index (χ4n) is 7.74. The summed E-state index contributed by atoms with van der Waals surface area (Å²) in [4.78, 5) is 0. The molecule has 0 aliphatic heterocycles. The molecule has 1 N–H and O–H groups in total. The fraction of sp³-hybridized carbons (Fsp3) is 0.0222. The van der Waals surface area contributed by atoms with E-state index in [-0.39, 0.29) is 5.41 Å². The summed E-state index contributed by atoms with van der Waals surface area (Å²) in [6, 6.07) is 59.9. The van der Waals surface area contributed by atoms with Crippen LogP contribution in [-0.2, 0) is 5.41 Å². The van der Waals surface area contributed by atoms with Crippen LogP contribution in [0.1, 0.15) is 27.8 Å². The minimum absolute atomic E-state index is 0.323. The van der Waals surface area contributed by atoms with E-state index in [4.69, 9.17) is 0 Å². The van der Waals surface area contributed by atoms with Gasteiger partial charge in [-0.05, 0) is 103 Å². The molecule has 1 nitrogen and oxygen atoms in total. The van der Waals surface area contributed by atoms with Crippen molar-refractivity contribution in [3.8, 4) is 44.5 Å². The predicted molar refractivity (Wildman–Crippen MR) is 193 cm³/mol. The molecule has 0 atom stereocenters. The summed E-state index contributed by atoms with van der Waals surface area (Å²) in [5.41, 5.74) is 18.6. The third kappa shape index (κ3) is 3.89. The number of rotatable bonds is 5.